The number of Topliss-reactive ketones (excluding diaryl/α,β-unsaturated/α-hetero) is 1. The first-order chi connectivity index (χ1) is 15.5. The van der Waals surface area contributed by atoms with Crippen LogP contribution in [0.1, 0.15) is 42.0 Å². The van der Waals surface area contributed by atoms with E-state index >= 15 is 0 Å². The number of aryl methyl sites for hydroxylation is 1. The van der Waals surface area contributed by atoms with E-state index in [0.717, 1.165) is 57.5 Å². The first-order valence-electron chi connectivity index (χ1n) is 10.8. The Bertz CT molecular complexity index is 1250. The third-order valence-electron chi connectivity index (χ3n) is 6.39. The number of hydrogen-bond acceptors (Lipinski definition) is 6. The van der Waals surface area contributed by atoms with E-state index in [0.29, 0.717) is 23.7 Å². The number of hydrogen-bond donors (Lipinski definition) is 1. The molecule has 1 aromatic heterocycles. The summed E-state index contributed by atoms with van der Waals surface area (Å²) in [6.07, 6.45) is 2.26. The monoisotopic (exact) mass is 430 g/mol. The summed E-state index contributed by atoms with van der Waals surface area (Å²) in [6, 6.07) is 12.1. The summed E-state index contributed by atoms with van der Waals surface area (Å²) in [6.45, 7) is 1.99. The molecule has 5 rings (SSSR count). The van der Waals surface area contributed by atoms with E-state index in [1.165, 1.54) is 0 Å². The van der Waals surface area contributed by atoms with Crippen LogP contribution in [0.15, 0.2) is 47.7 Å². The fraction of sp³-hybridized carbons (Fsp3) is 0.308. The van der Waals surface area contributed by atoms with Crippen LogP contribution in [-0.2, 0) is 4.79 Å². The zero-order chi connectivity index (χ0) is 22.4. The number of rotatable bonds is 4. The third-order valence-corrected chi connectivity index (χ3v) is 6.39. The van der Waals surface area contributed by atoms with Crippen molar-refractivity contribution in [1.29, 1.82) is 0 Å². The maximum atomic E-state index is 13.2. The van der Waals surface area contributed by atoms with E-state index in [-0.39, 0.29) is 11.7 Å². The van der Waals surface area contributed by atoms with Gasteiger partial charge in [0.2, 0.25) is 5.75 Å². The Hall–Kier alpha value is -3.54. The zero-order valence-corrected chi connectivity index (χ0v) is 18.7. The van der Waals surface area contributed by atoms with Crippen molar-refractivity contribution in [2.75, 3.05) is 26.6 Å². The highest BCUT2D eigenvalue weighted by atomic mass is 16.5. The first kappa shape index (κ1) is 20.4. The van der Waals surface area contributed by atoms with E-state index < -0.39 is 0 Å². The van der Waals surface area contributed by atoms with Gasteiger partial charge in [0, 0.05) is 40.4 Å². The van der Waals surface area contributed by atoms with E-state index in [1.807, 2.05) is 31.2 Å². The molecule has 2 aliphatic rings. The van der Waals surface area contributed by atoms with E-state index in [4.69, 9.17) is 19.2 Å². The molecule has 1 N–H and O–H groups in total. The lowest BCUT2D eigenvalue weighted by Crippen LogP contribution is -2.27. The molecule has 0 saturated carbocycles. The number of benzene rings is 2. The second-order valence-electron chi connectivity index (χ2n) is 8.23. The van der Waals surface area contributed by atoms with Crippen molar-refractivity contribution in [2.45, 2.75) is 32.1 Å². The third kappa shape index (κ3) is 3.09. The number of nitrogens with one attached hydrogen (secondary N) is 1. The van der Waals surface area contributed by atoms with Gasteiger partial charge in [0.25, 0.3) is 0 Å². The van der Waals surface area contributed by atoms with Gasteiger partial charge in [0.15, 0.2) is 17.3 Å². The minimum atomic E-state index is -0.254. The maximum Gasteiger partial charge on any atom is 0.203 e. The number of anilines is 1. The smallest absolute Gasteiger partial charge is 0.203 e. The number of nitrogens with zero attached hydrogens (tertiary/aromatic N) is 1. The normalized spacial score (nSPS) is 17.5. The Labute approximate surface area is 187 Å². The minimum Gasteiger partial charge on any atom is -0.493 e. The van der Waals surface area contributed by atoms with Gasteiger partial charge in [-0.05, 0) is 61.2 Å². The van der Waals surface area contributed by atoms with Gasteiger partial charge in [-0.1, -0.05) is 6.07 Å². The number of methoxy groups -OCH3 is 3. The lowest BCUT2D eigenvalue weighted by atomic mass is 9.74. The fourth-order valence-electron chi connectivity index (χ4n) is 4.99. The predicted molar refractivity (Wildman–Crippen MR) is 124 cm³/mol. The van der Waals surface area contributed by atoms with Gasteiger partial charge >= 0.3 is 0 Å². The molecular weight excluding hydrogens is 404 g/mol. The number of allylic oxidation sites excluding steroid dienone is 2. The lowest BCUT2D eigenvalue weighted by Gasteiger charge is -2.35. The highest BCUT2D eigenvalue weighted by Crippen LogP contribution is 2.50. The second-order valence-corrected chi connectivity index (χ2v) is 8.23. The quantitative estimate of drug-likeness (QED) is 0.619. The molecule has 0 amide bonds. The molecule has 0 saturated heterocycles. The van der Waals surface area contributed by atoms with Gasteiger partial charge in [0.05, 0.1) is 26.8 Å². The SMILES string of the molecule is COc1cc([C@@H]2C3=C(CCCC3=O)Nc3ccc4nc(C)ccc4c32)cc(OC)c1OC. The van der Waals surface area contributed by atoms with Crippen molar-refractivity contribution in [3.05, 3.63) is 64.5 Å². The maximum absolute atomic E-state index is 13.2. The number of aromatic nitrogens is 1. The van der Waals surface area contributed by atoms with Gasteiger partial charge < -0.3 is 19.5 Å². The molecule has 1 atom stereocenters. The van der Waals surface area contributed by atoms with Crippen molar-refractivity contribution in [3.63, 3.8) is 0 Å². The van der Waals surface area contributed by atoms with Gasteiger partial charge in [-0.3, -0.25) is 9.78 Å². The minimum absolute atomic E-state index is 0.181. The Balaban J connectivity index is 1.84. The topological polar surface area (TPSA) is 69.7 Å². The summed E-state index contributed by atoms with van der Waals surface area (Å²) >= 11 is 0. The molecule has 2 aromatic carbocycles. The van der Waals surface area contributed by atoms with Crippen LogP contribution < -0.4 is 19.5 Å². The fourth-order valence-corrected chi connectivity index (χ4v) is 4.99. The molecule has 0 bridgehead atoms. The van der Waals surface area contributed by atoms with Crippen molar-refractivity contribution < 1.29 is 19.0 Å². The number of pyridine rings is 1. The standard InChI is InChI=1S/C26H26N2O4/c1-14-8-9-16-17(27-14)10-11-19-24(16)23(25-18(28-19)6-5-7-20(25)29)15-12-21(30-2)26(32-4)22(13-15)31-3/h8-13,23,28H,5-7H2,1-4H3/t23-/m0/s1. The molecule has 1 aliphatic heterocycles. The summed E-state index contributed by atoms with van der Waals surface area (Å²) in [5, 5.41) is 4.59. The van der Waals surface area contributed by atoms with Crippen LogP contribution in [0.3, 0.4) is 0 Å². The van der Waals surface area contributed by atoms with Crippen LogP contribution in [0.2, 0.25) is 0 Å². The number of fused-ring (bicyclic) bond motifs is 3. The average molecular weight is 431 g/mol. The number of ether oxygens (including phenoxy) is 3. The summed E-state index contributed by atoms with van der Waals surface area (Å²) in [4.78, 5) is 18.0. The number of carbonyl (C=O) groups excluding carboxylic acids is 1. The highest BCUT2D eigenvalue weighted by molar-refractivity contribution is 6.03. The second kappa shape index (κ2) is 7.86. The molecule has 0 spiro atoms. The highest BCUT2D eigenvalue weighted by Gasteiger charge is 2.37. The van der Waals surface area contributed by atoms with Crippen LogP contribution in [-0.4, -0.2) is 32.1 Å². The van der Waals surface area contributed by atoms with Crippen LogP contribution in [0.5, 0.6) is 17.2 Å². The predicted octanol–water partition coefficient (Wildman–Crippen LogP) is 5.13. The largest absolute Gasteiger partial charge is 0.493 e. The molecule has 0 fully saturated rings. The molecular formula is C26H26N2O4. The number of ketones is 1. The Morgan fingerprint density at radius 3 is 2.41 bits per heavy atom. The van der Waals surface area contributed by atoms with Gasteiger partial charge in [0.1, 0.15) is 0 Å². The van der Waals surface area contributed by atoms with E-state index in [2.05, 4.69) is 17.4 Å². The molecule has 1 aliphatic carbocycles. The van der Waals surface area contributed by atoms with Crippen LogP contribution in [0, 0.1) is 6.92 Å². The van der Waals surface area contributed by atoms with Gasteiger partial charge in [-0.2, -0.15) is 0 Å². The number of carbonyl (C=O) groups is 1. The summed E-state index contributed by atoms with van der Waals surface area (Å²) in [5.74, 6) is 1.60. The van der Waals surface area contributed by atoms with Crippen molar-refractivity contribution >= 4 is 22.4 Å². The Morgan fingerprint density at radius 2 is 1.72 bits per heavy atom. The van der Waals surface area contributed by atoms with Gasteiger partial charge in [-0.15, -0.1) is 0 Å². The average Bonchev–Trinajstić information content (AvgIpc) is 2.81. The van der Waals surface area contributed by atoms with Crippen LogP contribution >= 0.6 is 0 Å². The van der Waals surface area contributed by atoms with Crippen molar-refractivity contribution in [2.24, 2.45) is 0 Å². The van der Waals surface area contributed by atoms with Gasteiger partial charge in [-0.25, -0.2) is 0 Å². The molecule has 6 heteroatoms. The molecule has 0 unspecified atom stereocenters. The van der Waals surface area contributed by atoms with Crippen LogP contribution in [0.4, 0.5) is 5.69 Å². The molecule has 3 aromatic rings. The molecule has 0 radical (unpaired) electrons. The van der Waals surface area contributed by atoms with E-state index in [9.17, 15) is 4.79 Å². The van der Waals surface area contributed by atoms with Crippen molar-refractivity contribution in [1.82, 2.24) is 4.98 Å². The lowest BCUT2D eigenvalue weighted by molar-refractivity contribution is -0.116. The van der Waals surface area contributed by atoms with Crippen molar-refractivity contribution in [3.8, 4) is 17.2 Å². The zero-order valence-electron chi connectivity index (χ0n) is 18.7. The summed E-state index contributed by atoms with van der Waals surface area (Å²) < 4.78 is 16.8. The Kier molecular flexibility index (Phi) is 5.00. The summed E-state index contributed by atoms with van der Waals surface area (Å²) in [7, 11) is 4.80. The first-order valence-corrected chi connectivity index (χ1v) is 10.8. The molecule has 32 heavy (non-hydrogen) atoms. The van der Waals surface area contributed by atoms with E-state index in [1.54, 1.807) is 21.3 Å². The molecule has 6 nitrogen and oxygen atoms in total. The Morgan fingerprint density at radius 1 is 0.969 bits per heavy atom. The molecule has 2 heterocycles. The molecule has 164 valence electrons. The summed E-state index contributed by atoms with van der Waals surface area (Å²) in [5.41, 5.74) is 6.69. The van der Waals surface area contributed by atoms with Crippen LogP contribution in [0.25, 0.3) is 10.9 Å².